The molecule has 0 atom stereocenters. The summed E-state index contributed by atoms with van der Waals surface area (Å²) in [5.74, 6) is 3.04. The van der Waals surface area contributed by atoms with Crippen molar-refractivity contribution in [1.29, 1.82) is 0 Å². The lowest BCUT2D eigenvalue weighted by Gasteiger charge is -2.28. The fourth-order valence-electron chi connectivity index (χ4n) is 3.36. The number of benzene rings is 1. The predicted molar refractivity (Wildman–Crippen MR) is 115 cm³/mol. The summed E-state index contributed by atoms with van der Waals surface area (Å²) in [6, 6.07) is 7.26. The van der Waals surface area contributed by atoms with Gasteiger partial charge in [-0.3, -0.25) is 4.40 Å². The average molecular weight is 404 g/mol. The number of imidazole rings is 1. The topological polar surface area (TPSA) is 69.0 Å². The van der Waals surface area contributed by atoms with E-state index in [2.05, 4.69) is 20.8 Å². The molecule has 7 heteroatoms. The maximum atomic E-state index is 12.3. The van der Waals surface area contributed by atoms with Gasteiger partial charge >= 0.3 is 5.97 Å². The van der Waals surface area contributed by atoms with E-state index in [4.69, 9.17) is 15.9 Å². The third-order valence-corrected chi connectivity index (χ3v) is 4.75. The quantitative estimate of drug-likeness (QED) is 0.493. The number of esters is 1. The van der Waals surface area contributed by atoms with Gasteiger partial charge in [0.1, 0.15) is 11.3 Å². The van der Waals surface area contributed by atoms with Crippen LogP contribution < -0.4 is 4.90 Å². The summed E-state index contributed by atoms with van der Waals surface area (Å²) >= 11 is 0. The van der Waals surface area contributed by atoms with Crippen LogP contribution in [0.1, 0.15) is 36.8 Å². The molecule has 0 spiro atoms. The largest absolute Gasteiger partial charge is 0.456 e. The van der Waals surface area contributed by atoms with Crippen LogP contribution in [0.4, 0.5) is 5.82 Å². The van der Waals surface area contributed by atoms with E-state index in [1.807, 2.05) is 49.7 Å². The molecule has 1 fully saturated rings. The molecule has 0 saturated carbocycles. The van der Waals surface area contributed by atoms with Crippen LogP contribution in [0.5, 0.6) is 0 Å². The van der Waals surface area contributed by atoms with Crippen molar-refractivity contribution >= 4 is 17.4 Å². The molecule has 1 aromatic carbocycles. The molecule has 0 unspecified atom stereocenters. The maximum absolute atomic E-state index is 12.3. The van der Waals surface area contributed by atoms with E-state index in [0.717, 1.165) is 30.2 Å². The molecule has 1 aliphatic rings. The van der Waals surface area contributed by atoms with Crippen molar-refractivity contribution in [3.63, 3.8) is 0 Å². The van der Waals surface area contributed by atoms with Crippen molar-refractivity contribution in [1.82, 2.24) is 14.4 Å². The number of carbonyl (C=O) groups excluding carboxylic acids is 1. The molecule has 154 valence electrons. The monoisotopic (exact) mass is 404 g/mol. The van der Waals surface area contributed by atoms with Gasteiger partial charge in [0.25, 0.3) is 0 Å². The van der Waals surface area contributed by atoms with Gasteiger partial charge in [-0.15, -0.1) is 6.42 Å². The SMILES string of the molecule is C#Cc1cn2c(-c3ccc(C(=O)OC(C)(C)C)cc3)cnc(N3CCOCC3)c2n1. The number of ether oxygens (including phenoxy) is 2. The van der Waals surface area contributed by atoms with Crippen LogP contribution in [-0.4, -0.2) is 52.2 Å². The first-order chi connectivity index (χ1) is 14.4. The lowest BCUT2D eigenvalue weighted by molar-refractivity contribution is 0.00695. The number of nitrogens with zero attached hydrogens (tertiary/aromatic N) is 4. The zero-order chi connectivity index (χ0) is 21.3. The molecule has 3 heterocycles. The highest BCUT2D eigenvalue weighted by Gasteiger charge is 2.21. The molecule has 7 nitrogen and oxygen atoms in total. The summed E-state index contributed by atoms with van der Waals surface area (Å²) in [4.78, 5) is 23.7. The van der Waals surface area contributed by atoms with Crippen LogP contribution in [0.25, 0.3) is 16.9 Å². The Morgan fingerprint density at radius 1 is 1.20 bits per heavy atom. The molecule has 1 aliphatic heterocycles. The van der Waals surface area contributed by atoms with Gasteiger partial charge < -0.3 is 14.4 Å². The average Bonchev–Trinajstić information content (AvgIpc) is 3.17. The van der Waals surface area contributed by atoms with E-state index < -0.39 is 5.60 Å². The molecule has 0 amide bonds. The number of aromatic nitrogens is 3. The van der Waals surface area contributed by atoms with Crippen LogP contribution in [0, 0.1) is 12.3 Å². The fourth-order valence-corrected chi connectivity index (χ4v) is 3.36. The lowest BCUT2D eigenvalue weighted by Crippen LogP contribution is -2.37. The Labute approximate surface area is 175 Å². The molecule has 0 N–H and O–H groups in total. The van der Waals surface area contributed by atoms with Gasteiger partial charge in [-0.1, -0.05) is 12.1 Å². The minimum absolute atomic E-state index is 0.350. The summed E-state index contributed by atoms with van der Waals surface area (Å²) in [6.45, 7) is 8.37. The van der Waals surface area contributed by atoms with Crippen molar-refractivity contribution in [2.24, 2.45) is 0 Å². The number of fused-ring (bicyclic) bond motifs is 1. The molecule has 2 aromatic heterocycles. The summed E-state index contributed by atoms with van der Waals surface area (Å²) in [7, 11) is 0. The number of anilines is 1. The van der Waals surface area contributed by atoms with Gasteiger partial charge in [-0.05, 0) is 38.8 Å². The van der Waals surface area contributed by atoms with E-state index in [1.165, 1.54) is 0 Å². The minimum Gasteiger partial charge on any atom is -0.456 e. The van der Waals surface area contributed by atoms with Gasteiger partial charge in [-0.25, -0.2) is 14.8 Å². The molecule has 30 heavy (non-hydrogen) atoms. The first-order valence-corrected chi connectivity index (χ1v) is 9.87. The van der Waals surface area contributed by atoms with Crippen molar-refractivity contribution < 1.29 is 14.3 Å². The van der Waals surface area contributed by atoms with E-state index >= 15 is 0 Å². The van der Waals surface area contributed by atoms with Crippen molar-refractivity contribution in [2.75, 3.05) is 31.2 Å². The zero-order valence-corrected chi connectivity index (χ0v) is 17.4. The van der Waals surface area contributed by atoms with Crippen molar-refractivity contribution in [2.45, 2.75) is 26.4 Å². The minimum atomic E-state index is -0.538. The molecule has 0 radical (unpaired) electrons. The first kappa shape index (κ1) is 19.9. The van der Waals surface area contributed by atoms with Gasteiger partial charge in [0, 0.05) is 24.8 Å². The second-order valence-corrected chi connectivity index (χ2v) is 8.11. The van der Waals surface area contributed by atoms with Crippen LogP contribution in [0.15, 0.2) is 36.7 Å². The highest BCUT2D eigenvalue weighted by molar-refractivity contribution is 5.90. The van der Waals surface area contributed by atoms with Gasteiger partial charge in [-0.2, -0.15) is 0 Å². The van der Waals surface area contributed by atoms with Crippen LogP contribution in [0.2, 0.25) is 0 Å². The van der Waals surface area contributed by atoms with E-state index in [-0.39, 0.29) is 5.97 Å². The molecule has 4 rings (SSSR count). The van der Waals surface area contributed by atoms with E-state index in [0.29, 0.717) is 30.1 Å². The van der Waals surface area contributed by atoms with Gasteiger partial charge in [0.05, 0.1) is 30.7 Å². The highest BCUT2D eigenvalue weighted by atomic mass is 16.6. The Morgan fingerprint density at radius 3 is 2.53 bits per heavy atom. The van der Waals surface area contributed by atoms with Crippen molar-refractivity contribution in [3.05, 3.63) is 47.9 Å². The summed E-state index contributed by atoms with van der Waals surface area (Å²) in [6.07, 6.45) is 9.24. The third-order valence-electron chi connectivity index (χ3n) is 4.75. The second kappa shape index (κ2) is 7.81. The molecule has 3 aromatic rings. The number of morpholine rings is 1. The Kier molecular flexibility index (Phi) is 5.18. The Hall–Kier alpha value is -3.37. The summed E-state index contributed by atoms with van der Waals surface area (Å²) in [5, 5.41) is 0. The molecular formula is C23H24N4O3. The molecule has 0 aliphatic carbocycles. The van der Waals surface area contributed by atoms with Crippen LogP contribution >= 0.6 is 0 Å². The molecule has 0 bridgehead atoms. The number of hydrogen-bond acceptors (Lipinski definition) is 6. The molecule has 1 saturated heterocycles. The van der Waals surface area contributed by atoms with Crippen LogP contribution in [0.3, 0.4) is 0 Å². The Morgan fingerprint density at radius 2 is 1.90 bits per heavy atom. The van der Waals surface area contributed by atoms with Crippen LogP contribution in [-0.2, 0) is 9.47 Å². The maximum Gasteiger partial charge on any atom is 0.338 e. The van der Waals surface area contributed by atoms with Crippen molar-refractivity contribution in [3.8, 4) is 23.6 Å². The number of hydrogen-bond donors (Lipinski definition) is 0. The number of rotatable bonds is 3. The smallest absolute Gasteiger partial charge is 0.338 e. The fraction of sp³-hybridized carbons (Fsp3) is 0.348. The standard InChI is InChI=1S/C23H24N4O3/c1-5-18-15-27-19(14-24-20(21(27)25-18)26-10-12-29-13-11-26)16-6-8-17(9-7-16)22(28)30-23(2,3)4/h1,6-9,14-15H,10-13H2,2-4H3. The highest BCUT2D eigenvalue weighted by Crippen LogP contribution is 2.27. The lowest BCUT2D eigenvalue weighted by atomic mass is 10.1. The summed E-state index contributed by atoms with van der Waals surface area (Å²) in [5.41, 5.74) is 2.95. The normalized spacial score (nSPS) is 14.5. The van der Waals surface area contributed by atoms with Gasteiger partial charge in [0.15, 0.2) is 11.5 Å². The zero-order valence-electron chi connectivity index (χ0n) is 17.4. The van der Waals surface area contributed by atoms with Gasteiger partial charge in [0.2, 0.25) is 0 Å². The number of terminal acetylenes is 1. The first-order valence-electron chi connectivity index (χ1n) is 9.87. The Balaban J connectivity index is 1.72. The predicted octanol–water partition coefficient (Wildman–Crippen LogP) is 3.17. The second-order valence-electron chi connectivity index (χ2n) is 8.11. The Bertz CT molecular complexity index is 1110. The molecular weight excluding hydrogens is 380 g/mol. The van der Waals surface area contributed by atoms with E-state index in [9.17, 15) is 4.79 Å². The number of carbonyl (C=O) groups is 1. The summed E-state index contributed by atoms with van der Waals surface area (Å²) < 4.78 is 12.8. The van der Waals surface area contributed by atoms with E-state index in [1.54, 1.807) is 12.1 Å². The third kappa shape index (κ3) is 4.00.